The normalized spacial score (nSPS) is 13.9. The summed E-state index contributed by atoms with van der Waals surface area (Å²) >= 11 is 0. The lowest BCUT2D eigenvalue weighted by Gasteiger charge is -2.24. The van der Waals surface area contributed by atoms with Crippen LogP contribution in [0.1, 0.15) is 23.8 Å². The Bertz CT molecular complexity index is 1200. The lowest BCUT2D eigenvalue weighted by molar-refractivity contribution is -0.131. The number of primary amides is 1. The van der Waals surface area contributed by atoms with Crippen molar-refractivity contribution in [1.29, 1.82) is 0 Å². The van der Waals surface area contributed by atoms with Gasteiger partial charge in [0.05, 0.1) is 6.20 Å². The summed E-state index contributed by atoms with van der Waals surface area (Å²) in [5, 5.41) is 13.9. The molecule has 0 aliphatic carbocycles. The Morgan fingerprint density at radius 2 is 2.03 bits per heavy atom. The average Bonchev–Trinajstić information content (AvgIpc) is 3.30. The summed E-state index contributed by atoms with van der Waals surface area (Å²) in [5.74, 6) is -1.54. The number of hydroxylamine groups is 1. The molecule has 11 heteroatoms. The number of H-pyrrole nitrogens is 1. The summed E-state index contributed by atoms with van der Waals surface area (Å²) in [6, 6.07) is 7.21. The van der Waals surface area contributed by atoms with Crippen LogP contribution in [0.5, 0.6) is 0 Å². The van der Waals surface area contributed by atoms with Gasteiger partial charge >= 0.3 is 0 Å². The van der Waals surface area contributed by atoms with E-state index in [1.807, 2.05) is 18.2 Å². The quantitative estimate of drug-likeness (QED) is 0.328. The van der Waals surface area contributed by atoms with E-state index in [0.717, 1.165) is 28.3 Å². The molecule has 2 heterocycles. The number of hydrogen-bond donors (Lipinski definition) is 4. The molecule has 5 N–H and O–H groups in total. The van der Waals surface area contributed by atoms with Crippen LogP contribution in [-0.4, -0.2) is 51.2 Å². The number of hydrogen-bond acceptors (Lipinski definition) is 6. The van der Waals surface area contributed by atoms with E-state index >= 15 is 0 Å². The molecule has 1 aromatic carbocycles. The molecular formula is C18H21N5O5S. The number of fused-ring (bicyclic) bond motifs is 1. The third-order valence-corrected chi connectivity index (χ3v) is 7.10. The maximum Gasteiger partial charge on any atom is 0.265 e. The minimum atomic E-state index is -3.77. The predicted molar refractivity (Wildman–Crippen MR) is 106 cm³/mol. The van der Waals surface area contributed by atoms with Crippen LogP contribution in [0.15, 0.2) is 36.7 Å². The van der Waals surface area contributed by atoms with Gasteiger partial charge in [0.15, 0.2) is 14.6 Å². The van der Waals surface area contributed by atoms with E-state index in [2.05, 4.69) is 10.1 Å². The first kappa shape index (κ1) is 20.6. The smallest absolute Gasteiger partial charge is 0.265 e. The molecule has 0 saturated carbocycles. The molecule has 1 unspecified atom stereocenters. The maximum atomic E-state index is 12.0. The second-order valence-electron chi connectivity index (χ2n) is 7.04. The Labute approximate surface area is 166 Å². The Morgan fingerprint density at radius 1 is 1.31 bits per heavy atom. The van der Waals surface area contributed by atoms with E-state index in [1.165, 1.54) is 17.1 Å². The lowest BCUT2D eigenvalue weighted by atomic mass is 10.1. The topological polar surface area (TPSA) is 160 Å². The number of benzene rings is 1. The number of sulfone groups is 1. The standard InChI is InChI=1S/C18H21N5O5S/c1-18(17(25)22-26,29(2,27)28)5-6-23-10-13(9-20-23)11-3-4-14-12(7-11)8-15(21-14)16(19)24/h3-4,7-10,21,26H,5-6H2,1-2H3,(H2,19,24)(H,22,25). The molecule has 1 atom stereocenters. The monoisotopic (exact) mass is 419 g/mol. The summed E-state index contributed by atoms with van der Waals surface area (Å²) in [6.45, 7) is 1.41. The predicted octanol–water partition coefficient (Wildman–Crippen LogP) is 0.829. The van der Waals surface area contributed by atoms with Gasteiger partial charge in [-0.25, -0.2) is 13.9 Å². The highest BCUT2D eigenvalue weighted by Crippen LogP contribution is 2.26. The molecule has 0 aliphatic heterocycles. The molecule has 0 saturated heterocycles. The molecule has 29 heavy (non-hydrogen) atoms. The van der Waals surface area contributed by atoms with Gasteiger partial charge in [-0.2, -0.15) is 5.10 Å². The first-order chi connectivity index (χ1) is 13.5. The number of carbonyl (C=O) groups excluding carboxylic acids is 2. The van der Waals surface area contributed by atoms with Crippen molar-refractivity contribution in [2.24, 2.45) is 5.73 Å². The zero-order chi connectivity index (χ0) is 21.4. The number of rotatable bonds is 7. The molecule has 10 nitrogen and oxygen atoms in total. The Balaban J connectivity index is 1.83. The summed E-state index contributed by atoms with van der Waals surface area (Å²) in [7, 11) is -3.77. The van der Waals surface area contributed by atoms with Gasteiger partial charge < -0.3 is 10.7 Å². The Kier molecular flexibility index (Phi) is 5.20. The molecule has 3 aromatic rings. The molecular weight excluding hydrogens is 398 g/mol. The number of amides is 2. The summed E-state index contributed by atoms with van der Waals surface area (Å²) in [5.41, 5.74) is 9.42. The fraction of sp³-hybridized carbons (Fsp3) is 0.278. The Hall–Kier alpha value is -3.18. The highest BCUT2D eigenvalue weighted by molar-refractivity contribution is 7.92. The molecule has 2 aromatic heterocycles. The SMILES string of the molecule is CC(CCn1cc(-c2ccc3[nH]c(C(N)=O)cc3c2)cn1)(C(=O)NO)S(C)(=O)=O. The molecule has 0 aliphatic rings. The van der Waals surface area contributed by atoms with Crippen molar-refractivity contribution in [2.75, 3.05) is 6.26 Å². The third-order valence-electron chi connectivity index (χ3n) is 5.07. The van der Waals surface area contributed by atoms with Gasteiger partial charge in [-0.1, -0.05) is 6.07 Å². The van der Waals surface area contributed by atoms with E-state index in [0.29, 0.717) is 5.69 Å². The number of aryl methyl sites for hydroxylation is 1. The van der Waals surface area contributed by atoms with Gasteiger partial charge in [-0.05, 0) is 37.1 Å². The molecule has 154 valence electrons. The van der Waals surface area contributed by atoms with Crippen molar-refractivity contribution in [3.05, 3.63) is 42.4 Å². The van der Waals surface area contributed by atoms with Crippen LogP contribution in [0.3, 0.4) is 0 Å². The zero-order valence-electron chi connectivity index (χ0n) is 15.8. The highest BCUT2D eigenvalue weighted by atomic mass is 32.2. The molecule has 0 fully saturated rings. The van der Waals surface area contributed by atoms with Gasteiger partial charge in [0.25, 0.3) is 11.8 Å². The first-order valence-corrected chi connectivity index (χ1v) is 10.5. The lowest BCUT2D eigenvalue weighted by Crippen LogP contribution is -2.49. The highest BCUT2D eigenvalue weighted by Gasteiger charge is 2.43. The average molecular weight is 419 g/mol. The van der Waals surface area contributed by atoms with E-state index in [9.17, 15) is 18.0 Å². The van der Waals surface area contributed by atoms with Gasteiger partial charge in [0.1, 0.15) is 5.69 Å². The first-order valence-electron chi connectivity index (χ1n) is 8.65. The number of carbonyl (C=O) groups is 2. The molecule has 0 spiro atoms. The maximum absolute atomic E-state index is 12.0. The van der Waals surface area contributed by atoms with Crippen LogP contribution < -0.4 is 11.2 Å². The van der Waals surface area contributed by atoms with Crippen molar-refractivity contribution in [3.63, 3.8) is 0 Å². The minimum absolute atomic E-state index is 0.0713. The second kappa shape index (κ2) is 7.33. The van der Waals surface area contributed by atoms with Crippen LogP contribution in [0, 0.1) is 0 Å². The summed E-state index contributed by atoms with van der Waals surface area (Å²) in [6.07, 6.45) is 4.22. The number of aromatic amines is 1. The van der Waals surface area contributed by atoms with Gasteiger partial charge in [0.2, 0.25) is 0 Å². The Morgan fingerprint density at radius 3 is 2.66 bits per heavy atom. The molecule has 3 rings (SSSR count). The summed E-state index contributed by atoms with van der Waals surface area (Å²) < 4.78 is 23.8. The largest absolute Gasteiger partial charge is 0.364 e. The van der Waals surface area contributed by atoms with Gasteiger partial charge in [-0.15, -0.1) is 0 Å². The van der Waals surface area contributed by atoms with Crippen LogP contribution in [0.2, 0.25) is 0 Å². The number of nitrogens with one attached hydrogen (secondary N) is 2. The van der Waals surface area contributed by atoms with Crippen LogP contribution in [0.4, 0.5) is 0 Å². The third kappa shape index (κ3) is 3.87. The van der Waals surface area contributed by atoms with Crippen LogP contribution in [0.25, 0.3) is 22.0 Å². The molecule has 0 bridgehead atoms. The number of nitrogens with two attached hydrogens (primary N) is 1. The number of nitrogens with zero attached hydrogens (tertiary/aromatic N) is 2. The van der Waals surface area contributed by atoms with E-state index in [-0.39, 0.29) is 13.0 Å². The van der Waals surface area contributed by atoms with E-state index in [1.54, 1.807) is 18.5 Å². The van der Waals surface area contributed by atoms with Crippen molar-refractivity contribution in [1.82, 2.24) is 20.2 Å². The summed E-state index contributed by atoms with van der Waals surface area (Å²) in [4.78, 5) is 26.1. The van der Waals surface area contributed by atoms with Crippen molar-refractivity contribution < 1.29 is 23.2 Å². The van der Waals surface area contributed by atoms with Crippen LogP contribution in [-0.2, 0) is 21.2 Å². The van der Waals surface area contributed by atoms with E-state index in [4.69, 9.17) is 10.9 Å². The number of aromatic nitrogens is 3. The van der Waals surface area contributed by atoms with Crippen molar-refractivity contribution >= 4 is 32.6 Å². The van der Waals surface area contributed by atoms with Crippen molar-refractivity contribution in [2.45, 2.75) is 24.6 Å². The van der Waals surface area contributed by atoms with Gasteiger partial charge in [0, 0.05) is 35.5 Å². The fourth-order valence-corrected chi connectivity index (χ4v) is 3.84. The second-order valence-corrected chi connectivity index (χ2v) is 9.48. The molecule has 2 amide bonds. The minimum Gasteiger partial charge on any atom is -0.364 e. The van der Waals surface area contributed by atoms with Crippen molar-refractivity contribution in [3.8, 4) is 11.1 Å². The van der Waals surface area contributed by atoms with Crippen LogP contribution >= 0.6 is 0 Å². The molecule has 0 radical (unpaired) electrons. The fourth-order valence-electron chi connectivity index (χ4n) is 2.99. The van der Waals surface area contributed by atoms with E-state index < -0.39 is 26.4 Å². The zero-order valence-corrected chi connectivity index (χ0v) is 16.7. The van der Waals surface area contributed by atoms with Gasteiger partial charge in [-0.3, -0.25) is 19.5 Å².